The molecule has 0 radical (unpaired) electrons. The molecule has 0 bridgehead atoms. The Hall–Kier alpha value is -2.21. The molecule has 0 aliphatic carbocycles. The predicted molar refractivity (Wildman–Crippen MR) is 90.7 cm³/mol. The summed E-state index contributed by atoms with van der Waals surface area (Å²) in [6, 6.07) is 4.44. The molecule has 0 aromatic carbocycles. The van der Waals surface area contributed by atoms with Crippen molar-refractivity contribution in [3.63, 3.8) is 0 Å². The van der Waals surface area contributed by atoms with Crippen LogP contribution in [0.3, 0.4) is 0 Å². The van der Waals surface area contributed by atoms with Crippen LogP contribution in [0.15, 0.2) is 22.9 Å². The number of aromatic nitrogens is 4. The number of fused-ring (bicyclic) bond motifs is 1. The van der Waals surface area contributed by atoms with E-state index in [1.807, 2.05) is 24.6 Å². The van der Waals surface area contributed by atoms with E-state index in [-0.39, 0.29) is 0 Å². The van der Waals surface area contributed by atoms with Gasteiger partial charge in [0.1, 0.15) is 11.5 Å². The fourth-order valence-electron chi connectivity index (χ4n) is 3.70. The van der Waals surface area contributed by atoms with Gasteiger partial charge < -0.3 is 4.52 Å². The van der Waals surface area contributed by atoms with Crippen molar-refractivity contribution in [3.05, 3.63) is 46.7 Å². The van der Waals surface area contributed by atoms with Crippen LogP contribution in [0.4, 0.5) is 0 Å². The molecule has 4 rings (SSSR count). The van der Waals surface area contributed by atoms with Crippen molar-refractivity contribution in [2.24, 2.45) is 0 Å². The second-order valence-electron chi connectivity index (χ2n) is 6.79. The van der Waals surface area contributed by atoms with Crippen LogP contribution in [-0.4, -0.2) is 31.2 Å². The molecule has 1 aliphatic rings. The Bertz CT molecular complexity index is 866. The highest BCUT2D eigenvalue weighted by atomic mass is 16.5. The van der Waals surface area contributed by atoms with E-state index in [0.29, 0.717) is 6.04 Å². The van der Waals surface area contributed by atoms with Crippen molar-refractivity contribution in [3.8, 4) is 0 Å². The minimum atomic E-state index is 0.317. The first-order valence-corrected chi connectivity index (χ1v) is 8.60. The van der Waals surface area contributed by atoms with Gasteiger partial charge in [-0.15, -0.1) is 0 Å². The van der Waals surface area contributed by atoms with Gasteiger partial charge in [0, 0.05) is 29.6 Å². The van der Waals surface area contributed by atoms with Crippen LogP contribution in [0.1, 0.15) is 53.7 Å². The maximum absolute atomic E-state index is 5.30. The molecule has 0 N–H and O–H groups in total. The standard InChI is InChI=1S/C18H23N5O/c1-12-8-13(2)23-18(20-12)15(10-19-23)11-22-7-5-4-6-17(22)16-9-14(3)24-21-16/h8-10,17H,4-7,11H2,1-3H3. The lowest BCUT2D eigenvalue weighted by Gasteiger charge is -2.34. The minimum absolute atomic E-state index is 0.317. The van der Waals surface area contributed by atoms with E-state index in [0.717, 1.165) is 48.0 Å². The Morgan fingerprint density at radius 1 is 1.21 bits per heavy atom. The van der Waals surface area contributed by atoms with Gasteiger partial charge in [-0.25, -0.2) is 9.50 Å². The second-order valence-corrected chi connectivity index (χ2v) is 6.79. The van der Waals surface area contributed by atoms with Gasteiger partial charge in [-0.05, 0) is 46.2 Å². The molecule has 0 spiro atoms. The molecule has 1 saturated heterocycles. The zero-order valence-electron chi connectivity index (χ0n) is 14.5. The van der Waals surface area contributed by atoms with E-state index >= 15 is 0 Å². The van der Waals surface area contributed by atoms with E-state index in [1.165, 1.54) is 18.4 Å². The highest BCUT2D eigenvalue weighted by Gasteiger charge is 2.27. The molecule has 1 atom stereocenters. The lowest BCUT2D eigenvalue weighted by molar-refractivity contribution is 0.134. The van der Waals surface area contributed by atoms with Gasteiger partial charge in [0.2, 0.25) is 0 Å². The quantitative estimate of drug-likeness (QED) is 0.739. The molecule has 0 saturated carbocycles. The third-order valence-electron chi connectivity index (χ3n) is 4.83. The first-order valence-electron chi connectivity index (χ1n) is 8.60. The largest absolute Gasteiger partial charge is 0.361 e. The van der Waals surface area contributed by atoms with Gasteiger partial charge in [0.05, 0.1) is 12.2 Å². The Labute approximate surface area is 141 Å². The molecule has 24 heavy (non-hydrogen) atoms. The maximum Gasteiger partial charge on any atom is 0.159 e. The number of piperidine rings is 1. The molecule has 4 heterocycles. The lowest BCUT2D eigenvalue weighted by atomic mass is 9.98. The Morgan fingerprint density at radius 2 is 2.08 bits per heavy atom. The molecule has 3 aromatic rings. The van der Waals surface area contributed by atoms with Gasteiger partial charge >= 0.3 is 0 Å². The summed E-state index contributed by atoms with van der Waals surface area (Å²) in [7, 11) is 0. The lowest BCUT2D eigenvalue weighted by Crippen LogP contribution is -2.33. The summed E-state index contributed by atoms with van der Waals surface area (Å²) in [5.41, 5.74) is 5.33. The third-order valence-corrected chi connectivity index (χ3v) is 4.83. The molecule has 1 unspecified atom stereocenters. The summed E-state index contributed by atoms with van der Waals surface area (Å²) in [5.74, 6) is 0.874. The highest BCUT2D eigenvalue weighted by molar-refractivity contribution is 5.48. The fourth-order valence-corrected chi connectivity index (χ4v) is 3.70. The molecular weight excluding hydrogens is 302 g/mol. The molecular formula is C18H23N5O. The van der Waals surface area contributed by atoms with Gasteiger partial charge in [0.15, 0.2) is 5.65 Å². The average Bonchev–Trinajstić information content (AvgIpc) is 3.15. The molecule has 126 valence electrons. The molecule has 0 amide bonds. The number of nitrogens with zero attached hydrogens (tertiary/aromatic N) is 5. The van der Waals surface area contributed by atoms with E-state index in [9.17, 15) is 0 Å². The molecule has 6 heteroatoms. The van der Waals surface area contributed by atoms with E-state index in [2.05, 4.69) is 34.2 Å². The molecule has 1 fully saturated rings. The molecule has 3 aromatic heterocycles. The number of hydrogen-bond acceptors (Lipinski definition) is 5. The minimum Gasteiger partial charge on any atom is -0.361 e. The normalized spacial score (nSPS) is 19.2. The smallest absolute Gasteiger partial charge is 0.159 e. The van der Waals surface area contributed by atoms with Crippen LogP contribution in [0.2, 0.25) is 0 Å². The summed E-state index contributed by atoms with van der Waals surface area (Å²) < 4.78 is 7.23. The molecule has 1 aliphatic heterocycles. The van der Waals surface area contributed by atoms with Crippen molar-refractivity contribution in [1.29, 1.82) is 0 Å². The van der Waals surface area contributed by atoms with E-state index in [4.69, 9.17) is 9.51 Å². The summed E-state index contributed by atoms with van der Waals surface area (Å²) in [4.78, 5) is 7.19. The van der Waals surface area contributed by atoms with Crippen molar-refractivity contribution in [1.82, 2.24) is 24.7 Å². The first kappa shape index (κ1) is 15.3. The number of likely N-dealkylation sites (tertiary alicyclic amines) is 1. The second kappa shape index (κ2) is 6.02. The Morgan fingerprint density at radius 3 is 2.88 bits per heavy atom. The van der Waals surface area contributed by atoms with Gasteiger partial charge in [-0.3, -0.25) is 4.90 Å². The topological polar surface area (TPSA) is 59.5 Å². The Balaban J connectivity index is 1.66. The predicted octanol–water partition coefficient (Wildman–Crippen LogP) is 3.37. The van der Waals surface area contributed by atoms with Crippen molar-refractivity contribution < 1.29 is 4.52 Å². The maximum atomic E-state index is 5.30. The van der Waals surface area contributed by atoms with Crippen LogP contribution >= 0.6 is 0 Å². The van der Waals surface area contributed by atoms with E-state index in [1.54, 1.807) is 0 Å². The zero-order chi connectivity index (χ0) is 16.7. The zero-order valence-corrected chi connectivity index (χ0v) is 14.5. The summed E-state index contributed by atoms with van der Waals surface area (Å²) in [6.07, 6.45) is 5.53. The van der Waals surface area contributed by atoms with Crippen LogP contribution < -0.4 is 0 Å². The van der Waals surface area contributed by atoms with Gasteiger partial charge in [-0.2, -0.15) is 5.10 Å². The van der Waals surface area contributed by atoms with Crippen molar-refractivity contribution in [2.75, 3.05) is 6.54 Å². The summed E-state index contributed by atoms with van der Waals surface area (Å²) in [6.45, 7) is 7.96. The van der Waals surface area contributed by atoms with Crippen molar-refractivity contribution in [2.45, 2.75) is 52.6 Å². The number of aryl methyl sites for hydroxylation is 3. The molecule has 6 nitrogen and oxygen atoms in total. The third kappa shape index (κ3) is 2.71. The van der Waals surface area contributed by atoms with Crippen molar-refractivity contribution >= 4 is 5.65 Å². The van der Waals surface area contributed by atoms with Crippen LogP contribution in [-0.2, 0) is 6.54 Å². The summed E-state index contributed by atoms with van der Waals surface area (Å²) in [5, 5.41) is 8.78. The number of hydrogen-bond donors (Lipinski definition) is 0. The van der Waals surface area contributed by atoms with Crippen LogP contribution in [0, 0.1) is 20.8 Å². The average molecular weight is 325 g/mol. The first-order chi connectivity index (χ1) is 11.6. The van der Waals surface area contributed by atoms with E-state index < -0.39 is 0 Å². The van der Waals surface area contributed by atoms with Crippen LogP contribution in [0.5, 0.6) is 0 Å². The SMILES string of the molecule is Cc1cc(C)n2ncc(CN3CCCCC3c3cc(C)on3)c2n1. The fraction of sp³-hybridized carbons (Fsp3) is 0.500. The highest BCUT2D eigenvalue weighted by Crippen LogP contribution is 2.32. The number of rotatable bonds is 3. The Kier molecular flexibility index (Phi) is 3.84. The monoisotopic (exact) mass is 325 g/mol. The van der Waals surface area contributed by atoms with Crippen LogP contribution in [0.25, 0.3) is 5.65 Å². The van der Waals surface area contributed by atoms with Gasteiger partial charge in [-0.1, -0.05) is 11.6 Å². The summed E-state index contributed by atoms with van der Waals surface area (Å²) >= 11 is 0. The van der Waals surface area contributed by atoms with Gasteiger partial charge in [0.25, 0.3) is 0 Å².